The smallest absolute Gasteiger partial charge is 0.240 e. The van der Waals surface area contributed by atoms with Gasteiger partial charge in [-0.3, -0.25) is 14.5 Å². The van der Waals surface area contributed by atoms with Crippen molar-refractivity contribution >= 4 is 21.8 Å². The van der Waals surface area contributed by atoms with Crippen LogP contribution in [0, 0.1) is 13.8 Å². The van der Waals surface area contributed by atoms with Crippen LogP contribution in [-0.2, 0) is 19.6 Å². The van der Waals surface area contributed by atoms with Gasteiger partial charge in [-0.2, -0.15) is 0 Å². The second-order valence-corrected chi connectivity index (χ2v) is 9.53. The molecule has 0 saturated carbocycles. The van der Waals surface area contributed by atoms with Gasteiger partial charge >= 0.3 is 0 Å². The summed E-state index contributed by atoms with van der Waals surface area (Å²) >= 11 is 0. The van der Waals surface area contributed by atoms with Gasteiger partial charge in [0.25, 0.3) is 0 Å². The molecule has 0 aromatic heterocycles. The van der Waals surface area contributed by atoms with Crippen molar-refractivity contribution in [2.24, 2.45) is 0 Å². The number of nitrogens with zero attached hydrogens (tertiary/aromatic N) is 2. The number of benzene rings is 1. The molecule has 1 heterocycles. The third-order valence-electron chi connectivity index (χ3n) is 4.81. The number of amides is 2. The molecule has 2 rings (SSSR count). The van der Waals surface area contributed by atoms with E-state index in [9.17, 15) is 18.0 Å². The van der Waals surface area contributed by atoms with E-state index in [1.165, 1.54) is 0 Å². The molecule has 8 nitrogen and oxygen atoms in total. The first-order valence-corrected chi connectivity index (χ1v) is 11.4. The van der Waals surface area contributed by atoms with Gasteiger partial charge in [0.1, 0.15) is 0 Å². The van der Waals surface area contributed by atoms with Gasteiger partial charge in [-0.05, 0) is 44.9 Å². The Hall–Kier alpha value is -1.97. The Morgan fingerprint density at radius 3 is 2.38 bits per heavy atom. The number of sulfonamides is 1. The second kappa shape index (κ2) is 10.2. The first-order valence-electron chi connectivity index (χ1n) is 9.95. The first kappa shape index (κ1) is 23.3. The minimum atomic E-state index is -3.65. The predicted octanol–water partition coefficient (Wildman–Crippen LogP) is 0.641. The fraction of sp³-hybridized carbons (Fsp3) is 0.600. The molecule has 2 N–H and O–H groups in total. The lowest BCUT2D eigenvalue weighted by Crippen LogP contribution is -2.51. The molecule has 1 aromatic carbocycles. The van der Waals surface area contributed by atoms with Gasteiger partial charge in [0.05, 0.1) is 11.4 Å². The van der Waals surface area contributed by atoms with Gasteiger partial charge in [0.15, 0.2) is 0 Å². The average Bonchev–Trinajstić information content (AvgIpc) is 2.63. The van der Waals surface area contributed by atoms with E-state index < -0.39 is 10.0 Å². The molecule has 0 bridgehead atoms. The molecule has 1 saturated heterocycles. The van der Waals surface area contributed by atoms with Crippen LogP contribution in [0.2, 0.25) is 0 Å². The zero-order valence-electron chi connectivity index (χ0n) is 17.7. The van der Waals surface area contributed by atoms with Crippen molar-refractivity contribution in [3.05, 3.63) is 29.3 Å². The minimum Gasteiger partial charge on any atom is -0.353 e. The molecule has 1 aliphatic heterocycles. The summed E-state index contributed by atoms with van der Waals surface area (Å²) in [6.07, 6.45) is 0.109. The minimum absolute atomic E-state index is 0.0133. The number of hydrogen-bond acceptors (Lipinski definition) is 5. The van der Waals surface area contributed by atoms with Gasteiger partial charge in [-0.1, -0.05) is 12.1 Å². The standard InChI is InChI=1S/C20H32N4O4S/c1-15(2)22-19(25)14-23-9-11-24(12-10-23)20(26)7-8-21-29(27,28)18-13-16(3)5-6-17(18)4/h5-6,13,15,21H,7-12,14H2,1-4H3,(H,22,25). The van der Waals surface area contributed by atoms with Crippen molar-refractivity contribution in [1.29, 1.82) is 0 Å². The Balaban J connectivity index is 1.77. The first-order chi connectivity index (χ1) is 13.6. The molecule has 162 valence electrons. The molecule has 1 aromatic rings. The number of carbonyl (C=O) groups excluding carboxylic acids is 2. The van der Waals surface area contributed by atoms with E-state index in [1.54, 1.807) is 24.0 Å². The van der Waals surface area contributed by atoms with E-state index in [1.807, 2.05) is 31.7 Å². The highest BCUT2D eigenvalue weighted by molar-refractivity contribution is 7.89. The van der Waals surface area contributed by atoms with E-state index in [2.05, 4.69) is 10.0 Å². The lowest BCUT2D eigenvalue weighted by molar-refractivity contribution is -0.133. The van der Waals surface area contributed by atoms with Gasteiger partial charge in [-0.15, -0.1) is 0 Å². The summed E-state index contributed by atoms with van der Waals surface area (Å²) in [5.74, 6) is -0.0967. The summed E-state index contributed by atoms with van der Waals surface area (Å²) in [5.41, 5.74) is 1.54. The summed E-state index contributed by atoms with van der Waals surface area (Å²) < 4.78 is 27.5. The lowest BCUT2D eigenvalue weighted by Gasteiger charge is -2.34. The van der Waals surface area contributed by atoms with Crippen LogP contribution >= 0.6 is 0 Å². The van der Waals surface area contributed by atoms with Gasteiger partial charge < -0.3 is 10.2 Å². The monoisotopic (exact) mass is 424 g/mol. The Labute approximate surface area is 173 Å². The van der Waals surface area contributed by atoms with Crippen LogP contribution < -0.4 is 10.0 Å². The molecular formula is C20H32N4O4S. The van der Waals surface area contributed by atoms with Crippen LogP contribution in [-0.4, -0.2) is 75.3 Å². The Kier molecular flexibility index (Phi) is 8.18. The molecule has 1 aliphatic rings. The van der Waals surface area contributed by atoms with Crippen LogP contribution in [0.3, 0.4) is 0 Å². The number of nitrogens with one attached hydrogen (secondary N) is 2. The quantitative estimate of drug-likeness (QED) is 0.638. The van der Waals surface area contributed by atoms with Crippen molar-refractivity contribution < 1.29 is 18.0 Å². The molecule has 0 aliphatic carbocycles. The third kappa shape index (κ3) is 7.09. The fourth-order valence-electron chi connectivity index (χ4n) is 3.25. The highest BCUT2D eigenvalue weighted by atomic mass is 32.2. The molecule has 9 heteroatoms. The number of hydrogen-bond donors (Lipinski definition) is 2. The molecule has 0 atom stereocenters. The highest BCUT2D eigenvalue weighted by Crippen LogP contribution is 2.16. The Bertz CT molecular complexity index is 831. The maximum absolute atomic E-state index is 12.5. The van der Waals surface area contributed by atoms with E-state index in [0.29, 0.717) is 38.3 Å². The van der Waals surface area contributed by atoms with Crippen molar-refractivity contribution in [2.75, 3.05) is 39.3 Å². The topological polar surface area (TPSA) is 98.8 Å². The summed E-state index contributed by atoms with van der Waals surface area (Å²) in [7, 11) is -3.65. The highest BCUT2D eigenvalue weighted by Gasteiger charge is 2.23. The lowest BCUT2D eigenvalue weighted by atomic mass is 10.2. The number of rotatable bonds is 8. The molecule has 1 fully saturated rings. The number of aryl methyl sites for hydroxylation is 2. The van der Waals surface area contributed by atoms with E-state index >= 15 is 0 Å². The maximum atomic E-state index is 12.5. The third-order valence-corrected chi connectivity index (χ3v) is 6.41. The SMILES string of the molecule is Cc1ccc(C)c(S(=O)(=O)NCCC(=O)N2CCN(CC(=O)NC(C)C)CC2)c1. The Morgan fingerprint density at radius 2 is 1.76 bits per heavy atom. The molecule has 2 amide bonds. The van der Waals surface area contributed by atoms with E-state index in [0.717, 1.165) is 5.56 Å². The van der Waals surface area contributed by atoms with Crippen LogP contribution in [0.15, 0.2) is 23.1 Å². The molecule has 0 unspecified atom stereocenters. The largest absolute Gasteiger partial charge is 0.353 e. The van der Waals surface area contributed by atoms with Gasteiger partial charge in [0.2, 0.25) is 21.8 Å². The molecule has 0 radical (unpaired) electrons. The van der Waals surface area contributed by atoms with Crippen molar-refractivity contribution in [2.45, 2.75) is 45.1 Å². The van der Waals surface area contributed by atoms with Crippen molar-refractivity contribution in [3.8, 4) is 0 Å². The molecule has 29 heavy (non-hydrogen) atoms. The van der Waals surface area contributed by atoms with Crippen LogP contribution in [0.5, 0.6) is 0 Å². The summed E-state index contributed by atoms with van der Waals surface area (Å²) in [4.78, 5) is 28.2. The zero-order chi connectivity index (χ0) is 21.6. The van der Waals surface area contributed by atoms with Crippen LogP contribution in [0.25, 0.3) is 0 Å². The summed E-state index contributed by atoms with van der Waals surface area (Å²) in [6.45, 7) is 10.2. The van der Waals surface area contributed by atoms with Crippen LogP contribution in [0.4, 0.5) is 0 Å². The molecular weight excluding hydrogens is 392 g/mol. The normalized spacial score (nSPS) is 15.6. The number of piperazine rings is 1. The number of carbonyl (C=O) groups is 2. The summed E-state index contributed by atoms with van der Waals surface area (Å²) in [5, 5.41) is 2.86. The Morgan fingerprint density at radius 1 is 1.10 bits per heavy atom. The zero-order valence-corrected chi connectivity index (χ0v) is 18.5. The van der Waals surface area contributed by atoms with Gasteiger partial charge in [-0.25, -0.2) is 13.1 Å². The fourth-order valence-corrected chi connectivity index (χ4v) is 4.61. The average molecular weight is 425 g/mol. The van der Waals surface area contributed by atoms with Gasteiger partial charge in [0, 0.05) is 45.2 Å². The molecule has 0 spiro atoms. The second-order valence-electron chi connectivity index (χ2n) is 7.80. The van der Waals surface area contributed by atoms with Crippen LogP contribution in [0.1, 0.15) is 31.4 Å². The van der Waals surface area contributed by atoms with E-state index in [4.69, 9.17) is 0 Å². The predicted molar refractivity (Wildman–Crippen MR) is 112 cm³/mol. The van der Waals surface area contributed by atoms with E-state index in [-0.39, 0.29) is 35.7 Å². The summed E-state index contributed by atoms with van der Waals surface area (Å²) in [6, 6.07) is 5.38. The maximum Gasteiger partial charge on any atom is 0.240 e. The van der Waals surface area contributed by atoms with Crippen molar-refractivity contribution in [3.63, 3.8) is 0 Å². The van der Waals surface area contributed by atoms with Crippen molar-refractivity contribution in [1.82, 2.24) is 19.8 Å².